The molecule has 0 spiro atoms. The lowest BCUT2D eigenvalue weighted by atomic mass is 10.0. The average molecular weight is 511 g/mol. The minimum atomic E-state index is -4.26. The molecule has 36 heavy (non-hydrogen) atoms. The zero-order valence-corrected chi connectivity index (χ0v) is 20.4. The number of hydrogen-bond donors (Lipinski definition) is 1. The van der Waals surface area contributed by atoms with Crippen LogP contribution in [0.3, 0.4) is 0 Å². The summed E-state index contributed by atoms with van der Waals surface area (Å²) in [5, 5.41) is 0.631. The highest BCUT2D eigenvalue weighted by Crippen LogP contribution is 2.44. The van der Waals surface area contributed by atoms with Gasteiger partial charge < -0.3 is 14.4 Å². The third-order valence-corrected chi connectivity index (χ3v) is 6.38. The second kappa shape index (κ2) is 10.5. The molecule has 12 heteroatoms. The van der Waals surface area contributed by atoms with Crippen LogP contribution in [-0.2, 0) is 25.1 Å². The van der Waals surface area contributed by atoms with Crippen molar-refractivity contribution in [2.75, 3.05) is 18.6 Å². The number of halogens is 1. The van der Waals surface area contributed by atoms with Crippen LogP contribution in [0.25, 0.3) is 33.3 Å². The summed E-state index contributed by atoms with van der Waals surface area (Å²) in [6.07, 6.45) is 9.00. The molecule has 10 nitrogen and oxygen atoms in total. The molecule has 4 aromatic rings. The maximum Gasteiger partial charge on any atom is 0.473 e. The van der Waals surface area contributed by atoms with Crippen LogP contribution in [0.15, 0.2) is 67.9 Å². The molecule has 0 bridgehead atoms. The number of carbonyl (C=O) groups is 1. The van der Waals surface area contributed by atoms with Crippen molar-refractivity contribution in [3.63, 3.8) is 0 Å². The lowest BCUT2D eigenvalue weighted by Crippen LogP contribution is -2.23. The van der Waals surface area contributed by atoms with E-state index < -0.39 is 13.8 Å². The van der Waals surface area contributed by atoms with Crippen molar-refractivity contribution >= 4 is 30.5 Å². The van der Waals surface area contributed by atoms with E-state index in [4.69, 9.17) is 9.05 Å². The maximum absolute atomic E-state index is 13.9. The smallest absolute Gasteiger partial charge is 0.310 e. The summed E-state index contributed by atoms with van der Waals surface area (Å²) < 4.78 is 37.3. The van der Waals surface area contributed by atoms with Crippen LogP contribution < -0.4 is 4.90 Å². The van der Waals surface area contributed by atoms with E-state index in [1.807, 2.05) is 6.07 Å². The number of likely N-dealkylation sites (N-methyl/N-ethyl adjacent to an activating group) is 1. The van der Waals surface area contributed by atoms with Crippen molar-refractivity contribution in [1.29, 1.82) is 0 Å². The van der Waals surface area contributed by atoms with E-state index in [2.05, 4.69) is 21.5 Å². The van der Waals surface area contributed by atoms with Gasteiger partial charge in [0.1, 0.15) is 12.4 Å². The van der Waals surface area contributed by atoms with E-state index >= 15 is 0 Å². The Kier molecular flexibility index (Phi) is 7.37. The summed E-state index contributed by atoms with van der Waals surface area (Å²) in [6.45, 7) is 4.76. The number of fused-ring (bicyclic) bond motifs is 1. The molecule has 1 unspecified atom stereocenters. The number of carbonyl (C=O) groups excluding carboxylic acids is 1. The van der Waals surface area contributed by atoms with E-state index in [1.54, 1.807) is 50.9 Å². The lowest BCUT2D eigenvalue weighted by molar-refractivity contribution is -0.113. The van der Waals surface area contributed by atoms with Gasteiger partial charge in [0.15, 0.2) is 0 Å². The lowest BCUT2D eigenvalue weighted by Gasteiger charge is -2.15. The highest BCUT2D eigenvalue weighted by atomic mass is 31.2. The minimum absolute atomic E-state index is 0.00401. The van der Waals surface area contributed by atoms with E-state index in [0.29, 0.717) is 39.0 Å². The number of anilines is 1. The quantitative estimate of drug-likeness (QED) is 0.197. The van der Waals surface area contributed by atoms with Crippen molar-refractivity contribution < 1.29 is 27.7 Å². The molecule has 0 aliphatic rings. The Balaban J connectivity index is 1.80. The molecule has 4 heterocycles. The Morgan fingerprint density at radius 2 is 1.97 bits per heavy atom. The number of phosphoric ester groups is 1. The van der Waals surface area contributed by atoms with Crippen molar-refractivity contribution in [3.05, 3.63) is 73.9 Å². The summed E-state index contributed by atoms with van der Waals surface area (Å²) in [5.41, 5.74) is 3.52. The second-order valence-corrected chi connectivity index (χ2v) is 9.11. The van der Waals surface area contributed by atoms with E-state index in [0.717, 1.165) is 0 Å². The maximum atomic E-state index is 13.9. The Morgan fingerprint density at radius 1 is 1.19 bits per heavy atom. The standard InChI is InChI=1S/C24H23FN5O5P/c1-4-23(31)29(3)19-8-17(11-26-13-19)18-9-20-21(16-6-7-27-22(25)10-16)14-30(24(20)28-12-18)15-35-36(32,33)34-5-2/h4,6-14H,1,5,15H2,2-3H3,(H,32,33). The van der Waals surface area contributed by atoms with Crippen molar-refractivity contribution in [2.24, 2.45) is 0 Å². The van der Waals surface area contributed by atoms with Crippen molar-refractivity contribution in [1.82, 2.24) is 19.5 Å². The van der Waals surface area contributed by atoms with Crippen molar-refractivity contribution in [2.45, 2.75) is 13.7 Å². The molecule has 0 radical (unpaired) electrons. The monoisotopic (exact) mass is 511 g/mol. The third-order valence-electron chi connectivity index (χ3n) is 5.35. The van der Waals surface area contributed by atoms with Crippen LogP contribution in [0.4, 0.5) is 10.1 Å². The molecular formula is C24H23FN5O5P. The van der Waals surface area contributed by atoms with Crippen LogP contribution in [0.1, 0.15) is 6.92 Å². The number of nitrogens with zero attached hydrogens (tertiary/aromatic N) is 5. The summed E-state index contributed by atoms with van der Waals surface area (Å²) in [7, 11) is -2.64. The summed E-state index contributed by atoms with van der Waals surface area (Å²) in [4.78, 5) is 35.6. The normalized spacial score (nSPS) is 12.9. The molecule has 0 aliphatic carbocycles. The number of amides is 1. The predicted molar refractivity (Wildman–Crippen MR) is 132 cm³/mol. The number of hydrogen-bond acceptors (Lipinski definition) is 7. The number of pyridine rings is 3. The van der Waals surface area contributed by atoms with E-state index in [-0.39, 0.29) is 19.2 Å². The first-order valence-electron chi connectivity index (χ1n) is 10.8. The fourth-order valence-electron chi connectivity index (χ4n) is 3.60. The Hall–Kier alpha value is -3.76. The molecule has 186 valence electrons. The molecular weight excluding hydrogens is 488 g/mol. The minimum Gasteiger partial charge on any atom is -0.310 e. The average Bonchev–Trinajstić information content (AvgIpc) is 3.24. The molecule has 0 saturated heterocycles. The van der Waals surface area contributed by atoms with Gasteiger partial charge in [0.05, 0.1) is 18.5 Å². The first-order valence-corrected chi connectivity index (χ1v) is 12.3. The zero-order chi connectivity index (χ0) is 25.9. The molecule has 1 amide bonds. The first kappa shape index (κ1) is 25.3. The fraction of sp³-hybridized carbons (Fsp3) is 0.167. The summed E-state index contributed by atoms with van der Waals surface area (Å²) in [6, 6.07) is 6.55. The van der Waals surface area contributed by atoms with Gasteiger partial charge in [-0.25, -0.2) is 14.5 Å². The predicted octanol–water partition coefficient (Wildman–Crippen LogP) is 4.56. The van der Waals surface area contributed by atoms with Gasteiger partial charge in [-0.1, -0.05) is 6.58 Å². The molecule has 0 saturated carbocycles. The molecule has 0 aliphatic heterocycles. The van der Waals surface area contributed by atoms with Crippen LogP contribution >= 0.6 is 7.82 Å². The Morgan fingerprint density at radius 3 is 2.69 bits per heavy atom. The first-order chi connectivity index (χ1) is 17.2. The molecule has 0 aromatic carbocycles. The van der Waals surface area contributed by atoms with Gasteiger partial charge in [-0.05, 0) is 36.8 Å². The van der Waals surface area contributed by atoms with Gasteiger partial charge in [0.2, 0.25) is 11.9 Å². The van der Waals surface area contributed by atoms with E-state index in [9.17, 15) is 18.6 Å². The highest BCUT2D eigenvalue weighted by molar-refractivity contribution is 7.47. The van der Waals surface area contributed by atoms with Gasteiger partial charge in [0.25, 0.3) is 0 Å². The van der Waals surface area contributed by atoms with Crippen LogP contribution in [0, 0.1) is 5.95 Å². The summed E-state index contributed by atoms with van der Waals surface area (Å²) >= 11 is 0. The largest absolute Gasteiger partial charge is 0.473 e. The van der Waals surface area contributed by atoms with Gasteiger partial charge in [-0.15, -0.1) is 0 Å². The molecule has 1 atom stereocenters. The van der Waals surface area contributed by atoms with Gasteiger partial charge in [-0.3, -0.25) is 18.8 Å². The van der Waals surface area contributed by atoms with Gasteiger partial charge in [-0.2, -0.15) is 4.39 Å². The molecule has 4 aromatic heterocycles. The number of aromatic nitrogens is 4. The Bertz CT molecular complexity index is 1490. The topological polar surface area (TPSA) is 120 Å². The molecule has 0 fully saturated rings. The van der Waals surface area contributed by atoms with Crippen LogP contribution in [0.5, 0.6) is 0 Å². The molecule has 4 rings (SSSR count). The highest BCUT2D eigenvalue weighted by Gasteiger charge is 2.22. The zero-order valence-electron chi connectivity index (χ0n) is 19.5. The molecule has 1 N–H and O–H groups in total. The SMILES string of the molecule is C=CC(=O)N(C)c1cncc(-c2cnc3c(c2)c(-c2ccnc(F)c2)cn3COP(=O)(O)OCC)c1. The van der Waals surface area contributed by atoms with Gasteiger partial charge >= 0.3 is 7.82 Å². The van der Waals surface area contributed by atoms with Crippen LogP contribution in [0.2, 0.25) is 0 Å². The van der Waals surface area contributed by atoms with Gasteiger partial charge in [0, 0.05) is 60.0 Å². The fourth-order valence-corrected chi connectivity index (χ4v) is 4.27. The Labute approximate surface area is 206 Å². The van der Waals surface area contributed by atoms with Crippen molar-refractivity contribution in [3.8, 4) is 22.3 Å². The van der Waals surface area contributed by atoms with E-state index in [1.165, 1.54) is 27.8 Å². The third kappa shape index (κ3) is 5.39. The second-order valence-electron chi connectivity index (χ2n) is 7.65. The number of phosphoric acid groups is 1. The summed E-state index contributed by atoms with van der Waals surface area (Å²) in [5.74, 6) is -0.938. The van der Waals surface area contributed by atoms with Crippen LogP contribution in [-0.4, -0.2) is 44.0 Å². The number of rotatable bonds is 9.